The maximum atomic E-state index is 5.14. The van der Waals surface area contributed by atoms with Gasteiger partial charge in [-0.3, -0.25) is 9.97 Å². The minimum atomic E-state index is 0.928. The highest BCUT2D eigenvalue weighted by molar-refractivity contribution is 6.32. The van der Waals surface area contributed by atoms with Crippen molar-refractivity contribution in [3.05, 3.63) is 170 Å². The van der Waals surface area contributed by atoms with E-state index in [1.54, 1.807) is 0 Å². The molecule has 1 aliphatic carbocycles. The Morgan fingerprint density at radius 1 is 0.286 bits per heavy atom. The van der Waals surface area contributed by atoms with E-state index in [9.17, 15) is 0 Å². The largest absolute Gasteiger partial charge is 0.264 e. The highest BCUT2D eigenvalue weighted by Crippen LogP contribution is 2.55. The summed E-state index contributed by atoms with van der Waals surface area (Å²) >= 11 is 0. The predicted octanol–water partition coefficient (Wildman–Crippen LogP) is 13.5. The molecule has 0 unspecified atom stereocenters. The molecule has 0 aliphatic heterocycles. The summed E-state index contributed by atoms with van der Waals surface area (Å²) < 4.78 is 0. The van der Waals surface area contributed by atoms with Crippen molar-refractivity contribution < 1.29 is 0 Å². The normalized spacial score (nSPS) is 12.3. The van der Waals surface area contributed by atoms with Crippen molar-refractivity contribution in [3.63, 3.8) is 0 Å². The molecular weight excluding hydrogens is 681 g/mol. The molecule has 8 aromatic carbocycles. The molecule has 0 saturated carbocycles. The highest BCUT2D eigenvalue weighted by Gasteiger charge is 2.28. The first-order chi connectivity index (χ1) is 27.8. The average molecular weight is 709 g/mol. The molecule has 256 valence electrons. The van der Waals surface area contributed by atoms with Gasteiger partial charge in [0, 0.05) is 57.5 Å². The number of hydrogen-bond donors (Lipinski definition) is 0. The van der Waals surface area contributed by atoms with Crippen LogP contribution in [0.3, 0.4) is 0 Å². The molecule has 13 rings (SSSR count). The number of rotatable bonds is 2. The molecule has 1 aliphatic rings. The van der Waals surface area contributed by atoms with Crippen LogP contribution in [-0.2, 0) is 0 Å². The molecule has 4 heteroatoms. The predicted molar refractivity (Wildman–Crippen MR) is 233 cm³/mol. The molecule has 4 aromatic heterocycles. The molecule has 4 nitrogen and oxygen atoms in total. The van der Waals surface area contributed by atoms with Gasteiger partial charge in [-0.25, -0.2) is 9.97 Å². The van der Waals surface area contributed by atoms with Gasteiger partial charge >= 0.3 is 0 Å². The minimum Gasteiger partial charge on any atom is -0.264 e. The fraction of sp³-hybridized carbons (Fsp3) is 0. The number of pyridine rings is 4. The van der Waals surface area contributed by atoms with Crippen LogP contribution in [0, 0.1) is 0 Å². The average Bonchev–Trinajstić information content (AvgIpc) is 3.56. The molecule has 0 saturated heterocycles. The summed E-state index contributed by atoms with van der Waals surface area (Å²) in [5.41, 5.74) is 13.5. The summed E-state index contributed by atoms with van der Waals surface area (Å²) in [6, 6.07) is 53.0. The Morgan fingerprint density at radius 2 is 0.750 bits per heavy atom. The second-order valence-corrected chi connectivity index (χ2v) is 14.9. The summed E-state index contributed by atoms with van der Waals surface area (Å²) in [5, 5.41) is 14.1. The van der Waals surface area contributed by atoms with Crippen LogP contribution in [0.5, 0.6) is 0 Å². The highest BCUT2D eigenvalue weighted by atomic mass is 14.7. The van der Waals surface area contributed by atoms with Crippen LogP contribution in [0.25, 0.3) is 131 Å². The van der Waals surface area contributed by atoms with Gasteiger partial charge < -0.3 is 0 Å². The zero-order chi connectivity index (χ0) is 36.5. The lowest BCUT2D eigenvalue weighted by Gasteiger charge is -2.22. The fourth-order valence-electron chi connectivity index (χ4n) is 9.81. The van der Waals surface area contributed by atoms with E-state index in [0.29, 0.717) is 0 Å². The third kappa shape index (κ3) is 3.92. The third-order valence-electron chi connectivity index (χ3n) is 12.1. The van der Waals surface area contributed by atoms with E-state index < -0.39 is 0 Å². The Labute approximate surface area is 320 Å². The zero-order valence-corrected chi connectivity index (χ0v) is 30.0. The topological polar surface area (TPSA) is 51.6 Å². The van der Waals surface area contributed by atoms with E-state index >= 15 is 0 Å². The van der Waals surface area contributed by atoms with Crippen LogP contribution in [0.1, 0.15) is 0 Å². The summed E-state index contributed by atoms with van der Waals surface area (Å²) in [4.78, 5) is 19.7. The van der Waals surface area contributed by atoms with Gasteiger partial charge in [0.1, 0.15) is 0 Å². The summed E-state index contributed by atoms with van der Waals surface area (Å²) in [5.74, 6) is 0. The van der Waals surface area contributed by atoms with E-state index in [0.717, 1.165) is 54.7 Å². The second kappa shape index (κ2) is 11.0. The number of para-hydroxylation sites is 2. The van der Waals surface area contributed by atoms with E-state index in [1.807, 2.05) is 36.9 Å². The Kier molecular flexibility index (Phi) is 5.86. The van der Waals surface area contributed by atoms with E-state index in [4.69, 9.17) is 9.97 Å². The lowest BCUT2D eigenvalue weighted by Crippen LogP contribution is -1.97. The molecule has 0 amide bonds. The van der Waals surface area contributed by atoms with Gasteiger partial charge in [-0.05, 0) is 119 Å². The van der Waals surface area contributed by atoms with Crippen molar-refractivity contribution in [1.82, 2.24) is 19.9 Å². The lowest BCUT2D eigenvalue weighted by atomic mass is 9.81. The molecule has 56 heavy (non-hydrogen) atoms. The van der Waals surface area contributed by atoms with Crippen molar-refractivity contribution in [3.8, 4) is 44.5 Å². The van der Waals surface area contributed by atoms with Gasteiger partial charge in [0.15, 0.2) is 0 Å². The standard InChI is InChI=1S/C52H28N4/c1-2-11-30-29(10-1)24-39-38-26-41-40(25-37(38)34-17-9-16-31(30)48(34)39)49(51-35-14-5-7-18-44(35)55-46-20-22-53-27-42(46)51)32-12-3-4-13-33(32)50(41)52-36-15-6-8-19-45(36)56-47-21-23-54-28-43(47)52/h1-28H. The molecular formula is C52H28N4. The van der Waals surface area contributed by atoms with Crippen LogP contribution < -0.4 is 0 Å². The van der Waals surface area contributed by atoms with Gasteiger partial charge in [0.05, 0.1) is 22.1 Å². The summed E-state index contributed by atoms with van der Waals surface area (Å²) in [6.07, 6.45) is 7.67. The molecule has 0 atom stereocenters. The van der Waals surface area contributed by atoms with Crippen LogP contribution >= 0.6 is 0 Å². The van der Waals surface area contributed by atoms with Gasteiger partial charge in [-0.15, -0.1) is 0 Å². The van der Waals surface area contributed by atoms with Crippen molar-refractivity contribution in [2.75, 3.05) is 0 Å². The maximum Gasteiger partial charge on any atom is 0.0746 e. The Balaban J connectivity index is 1.30. The molecule has 4 heterocycles. The van der Waals surface area contributed by atoms with Gasteiger partial charge in [-0.1, -0.05) is 103 Å². The van der Waals surface area contributed by atoms with Gasteiger partial charge in [-0.2, -0.15) is 0 Å². The Morgan fingerprint density at radius 3 is 1.36 bits per heavy atom. The first kappa shape index (κ1) is 29.8. The SMILES string of the molecule is c1ccc2c(c1)cc1c3c(cccc32)-c2cc3c(-c4c5ccccc5nc5ccncc45)c4ccccc4c(-c4c5ccccc5nc5ccncc45)c3cc2-1. The van der Waals surface area contributed by atoms with Crippen molar-refractivity contribution in [1.29, 1.82) is 0 Å². The van der Waals surface area contributed by atoms with Crippen molar-refractivity contribution in [2.24, 2.45) is 0 Å². The zero-order valence-electron chi connectivity index (χ0n) is 30.0. The van der Waals surface area contributed by atoms with Crippen molar-refractivity contribution >= 4 is 86.7 Å². The quantitative estimate of drug-likeness (QED) is 0.132. The van der Waals surface area contributed by atoms with E-state index in [1.165, 1.54) is 76.5 Å². The fourth-order valence-corrected chi connectivity index (χ4v) is 9.81. The minimum absolute atomic E-state index is 0.928. The van der Waals surface area contributed by atoms with E-state index in [2.05, 4.69) is 143 Å². The van der Waals surface area contributed by atoms with Crippen LogP contribution in [0.2, 0.25) is 0 Å². The third-order valence-corrected chi connectivity index (χ3v) is 12.1. The molecule has 0 fully saturated rings. The Hall–Kier alpha value is -7.56. The first-order valence-corrected chi connectivity index (χ1v) is 19.0. The number of fused-ring (bicyclic) bond motifs is 11. The smallest absolute Gasteiger partial charge is 0.0746 e. The van der Waals surface area contributed by atoms with E-state index in [-0.39, 0.29) is 0 Å². The second-order valence-electron chi connectivity index (χ2n) is 14.9. The van der Waals surface area contributed by atoms with Crippen molar-refractivity contribution in [2.45, 2.75) is 0 Å². The number of aromatic nitrogens is 4. The van der Waals surface area contributed by atoms with Gasteiger partial charge in [0.25, 0.3) is 0 Å². The number of hydrogen-bond acceptors (Lipinski definition) is 4. The molecule has 12 aromatic rings. The monoisotopic (exact) mass is 708 g/mol. The molecule has 0 bridgehead atoms. The van der Waals surface area contributed by atoms with Crippen LogP contribution in [0.4, 0.5) is 0 Å². The molecule has 0 spiro atoms. The first-order valence-electron chi connectivity index (χ1n) is 19.0. The maximum absolute atomic E-state index is 5.14. The number of benzene rings is 8. The van der Waals surface area contributed by atoms with Gasteiger partial charge in [0.2, 0.25) is 0 Å². The molecule has 0 radical (unpaired) electrons. The molecule has 0 N–H and O–H groups in total. The van der Waals surface area contributed by atoms with Crippen LogP contribution in [-0.4, -0.2) is 19.9 Å². The summed E-state index contributed by atoms with van der Waals surface area (Å²) in [6.45, 7) is 0. The number of nitrogens with zero attached hydrogens (tertiary/aromatic N) is 4. The Bertz CT molecular complexity index is 3610. The lowest BCUT2D eigenvalue weighted by molar-refractivity contribution is 1.34. The van der Waals surface area contributed by atoms with Crippen LogP contribution in [0.15, 0.2) is 170 Å². The summed E-state index contributed by atoms with van der Waals surface area (Å²) in [7, 11) is 0.